The Morgan fingerprint density at radius 2 is 2.28 bits per heavy atom. The molecule has 1 amide bonds. The van der Waals surface area contributed by atoms with Crippen LogP contribution in [0.25, 0.3) is 0 Å². The Hall–Kier alpha value is -1.14. The van der Waals surface area contributed by atoms with E-state index >= 15 is 0 Å². The number of aromatic nitrogens is 1. The van der Waals surface area contributed by atoms with E-state index in [4.69, 9.17) is 10.5 Å². The van der Waals surface area contributed by atoms with Gasteiger partial charge in [-0.1, -0.05) is 0 Å². The number of halogens is 1. The molecule has 1 aromatic rings. The Labute approximate surface area is 115 Å². The molecule has 1 rings (SSSR count). The zero-order valence-corrected chi connectivity index (χ0v) is 12.4. The van der Waals surface area contributed by atoms with Crippen LogP contribution >= 0.6 is 15.9 Å². The van der Waals surface area contributed by atoms with Crippen molar-refractivity contribution in [2.24, 2.45) is 0 Å². The number of rotatable bonds is 5. The van der Waals surface area contributed by atoms with Crippen LogP contribution < -0.4 is 5.73 Å². The van der Waals surface area contributed by atoms with E-state index in [9.17, 15) is 4.79 Å². The number of likely N-dealkylation sites (N-methyl/N-ethyl adjacent to an activating group) is 1. The first-order valence-corrected chi connectivity index (χ1v) is 6.49. The van der Waals surface area contributed by atoms with Crippen LogP contribution in [0, 0.1) is 0 Å². The number of hydrogen-bond acceptors (Lipinski definition) is 4. The van der Waals surface area contributed by atoms with Crippen molar-refractivity contribution in [3.8, 4) is 0 Å². The van der Waals surface area contributed by atoms with Gasteiger partial charge in [0.05, 0.1) is 18.3 Å². The molecule has 2 N–H and O–H groups in total. The van der Waals surface area contributed by atoms with Gasteiger partial charge in [-0.15, -0.1) is 0 Å². The Balaban J connectivity index is 2.65. The molecule has 100 valence electrons. The van der Waals surface area contributed by atoms with Crippen molar-refractivity contribution in [3.05, 3.63) is 22.3 Å². The summed E-state index contributed by atoms with van der Waals surface area (Å²) < 4.78 is 6.13. The Morgan fingerprint density at radius 1 is 1.61 bits per heavy atom. The molecule has 0 aliphatic rings. The molecule has 5 nitrogen and oxygen atoms in total. The molecule has 0 aliphatic carbocycles. The van der Waals surface area contributed by atoms with Crippen LogP contribution in [0.1, 0.15) is 24.2 Å². The SMILES string of the molecule is CC(C)OCCN(C)C(=O)c1cc(Br)cnc1N. The predicted octanol–water partition coefficient (Wildman–Crippen LogP) is 1.92. The van der Waals surface area contributed by atoms with Crippen molar-refractivity contribution in [2.75, 3.05) is 25.9 Å². The number of amides is 1. The van der Waals surface area contributed by atoms with Crippen molar-refractivity contribution >= 4 is 27.7 Å². The number of nitrogens with zero attached hydrogens (tertiary/aromatic N) is 2. The van der Waals surface area contributed by atoms with E-state index in [0.717, 1.165) is 4.47 Å². The van der Waals surface area contributed by atoms with Gasteiger partial charge in [-0.3, -0.25) is 4.79 Å². The van der Waals surface area contributed by atoms with E-state index in [1.807, 2.05) is 13.8 Å². The minimum atomic E-state index is -0.159. The standard InChI is InChI=1S/C12H18BrN3O2/c1-8(2)18-5-4-16(3)12(17)10-6-9(13)7-15-11(10)14/h6-8H,4-5H2,1-3H3,(H2,14,15). The number of ether oxygens (including phenoxy) is 1. The highest BCUT2D eigenvalue weighted by atomic mass is 79.9. The van der Waals surface area contributed by atoms with Gasteiger partial charge in [0.25, 0.3) is 5.91 Å². The summed E-state index contributed by atoms with van der Waals surface area (Å²) in [5.41, 5.74) is 6.09. The predicted molar refractivity (Wildman–Crippen MR) is 74.4 cm³/mol. The molecule has 0 radical (unpaired) electrons. The van der Waals surface area contributed by atoms with Crippen molar-refractivity contribution in [3.63, 3.8) is 0 Å². The number of hydrogen-bond donors (Lipinski definition) is 1. The monoisotopic (exact) mass is 315 g/mol. The van der Waals surface area contributed by atoms with Crippen LogP contribution in [-0.2, 0) is 4.74 Å². The summed E-state index contributed by atoms with van der Waals surface area (Å²) >= 11 is 3.27. The minimum Gasteiger partial charge on any atom is -0.383 e. The first-order valence-electron chi connectivity index (χ1n) is 5.70. The van der Waals surface area contributed by atoms with Gasteiger partial charge in [0, 0.05) is 24.3 Å². The van der Waals surface area contributed by atoms with Crippen LogP contribution in [0.15, 0.2) is 16.7 Å². The molecule has 0 aromatic carbocycles. The third-order valence-corrected chi connectivity index (χ3v) is 2.77. The van der Waals surface area contributed by atoms with E-state index in [0.29, 0.717) is 18.7 Å². The lowest BCUT2D eigenvalue weighted by Crippen LogP contribution is -2.31. The van der Waals surface area contributed by atoms with Crippen LogP contribution in [0.2, 0.25) is 0 Å². The summed E-state index contributed by atoms with van der Waals surface area (Å²) in [5, 5.41) is 0. The van der Waals surface area contributed by atoms with Gasteiger partial charge in [-0.05, 0) is 35.8 Å². The van der Waals surface area contributed by atoms with E-state index < -0.39 is 0 Å². The Bertz CT molecular complexity index is 424. The normalized spacial score (nSPS) is 10.7. The summed E-state index contributed by atoms with van der Waals surface area (Å²) in [4.78, 5) is 17.6. The van der Waals surface area contributed by atoms with Crippen LogP contribution in [0.4, 0.5) is 5.82 Å². The third kappa shape index (κ3) is 4.27. The van der Waals surface area contributed by atoms with Crippen molar-refractivity contribution in [2.45, 2.75) is 20.0 Å². The van der Waals surface area contributed by atoms with Gasteiger partial charge in [0.1, 0.15) is 5.82 Å². The molecule has 0 atom stereocenters. The molecule has 0 bridgehead atoms. The fraction of sp³-hybridized carbons (Fsp3) is 0.500. The largest absolute Gasteiger partial charge is 0.383 e. The molecule has 0 spiro atoms. The second-order valence-electron chi connectivity index (χ2n) is 4.23. The lowest BCUT2D eigenvalue weighted by molar-refractivity contribution is 0.0532. The smallest absolute Gasteiger partial charge is 0.257 e. The molecule has 18 heavy (non-hydrogen) atoms. The van der Waals surface area contributed by atoms with Gasteiger partial charge < -0.3 is 15.4 Å². The molecule has 6 heteroatoms. The number of nitrogen functional groups attached to an aromatic ring is 1. The fourth-order valence-corrected chi connectivity index (χ4v) is 1.68. The molecule has 0 unspecified atom stereocenters. The second-order valence-corrected chi connectivity index (χ2v) is 5.15. The van der Waals surface area contributed by atoms with Crippen LogP contribution in [0.3, 0.4) is 0 Å². The van der Waals surface area contributed by atoms with E-state index in [1.165, 1.54) is 0 Å². The zero-order valence-electron chi connectivity index (χ0n) is 10.8. The van der Waals surface area contributed by atoms with Gasteiger partial charge in [-0.2, -0.15) is 0 Å². The fourth-order valence-electron chi connectivity index (χ4n) is 1.35. The molecular weight excluding hydrogens is 298 g/mol. The molecule has 0 saturated heterocycles. The number of anilines is 1. The van der Waals surface area contributed by atoms with Gasteiger partial charge >= 0.3 is 0 Å². The average molecular weight is 316 g/mol. The van der Waals surface area contributed by atoms with Gasteiger partial charge in [0.15, 0.2) is 0 Å². The molecule has 0 aliphatic heterocycles. The quantitative estimate of drug-likeness (QED) is 0.901. The third-order valence-electron chi connectivity index (χ3n) is 2.34. The maximum absolute atomic E-state index is 12.1. The summed E-state index contributed by atoms with van der Waals surface area (Å²) in [6.07, 6.45) is 1.72. The number of carbonyl (C=O) groups excluding carboxylic acids is 1. The maximum Gasteiger partial charge on any atom is 0.257 e. The molecule has 1 aromatic heterocycles. The van der Waals surface area contributed by atoms with Crippen molar-refractivity contribution in [1.82, 2.24) is 9.88 Å². The van der Waals surface area contributed by atoms with E-state index in [2.05, 4.69) is 20.9 Å². The van der Waals surface area contributed by atoms with Crippen molar-refractivity contribution in [1.29, 1.82) is 0 Å². The maximum atomic E-state index is 12.1. The highest BCUT2D eigenvalue weighted by Gasteiger charge is 2.15. The average Bonchev–Trinajstić information content (AvgIpc) is 2.30. The zero-order chi connectivity index (χ0) is 13.7. The molecular formula is C12H18BrN3O2. The summed E-state index contributed by atoms with van der Waals surface area (Å²) in [5.74, 6) is 0.0773. The highest BCUT2D eigenvalue weighted by molar-refractivity contribution is 9.10. The van der Waals surface area contributed by atoms with Crippen LogP contribution in [0.5, 0.6) is 0 Å². The van der Waals surface area contributed by atoms with Gasteiger partial charge in [-0.25, -0.2) is 4.98 Å². The van der Waals surface area contributed by atoms with E-state index in [1.54, 1.807) is 24.2 Å². The minimum absolute atomic E-state index is 0.158. The van der Waals surface area contributed by atoms with Crippen molar-refractivity contribution < 1.29 is 9.53 Å². The van der Waals surface area contributed by atoms with Crippen LogP contribution in [-0.4, -0.2) is 42.1 Å². The Morgan fingerprint density at radius 3 is 2.89 bits per heavy atom. The first-order chi connectivity index (χ1) is 8.41. The summed E-state index contributed by atoms with van der Waals surface area (Å²) in [6.45, 7) is 4.93. The van der Waals surface area contributed by atoms with E-state index in [-0.39, 0.29) is 17.8 Å². The number of nitrogens with two attached hydrogens (primary N) is 1. The first kappa shape index (κ1) is 14.9. The lowest BCUT2D eigenvalue weighted by Gasteiger charge is -2.18. The molecule has 1 heterocycles. The summed E-state index contributed by atoms with van der Waals surface area (Å²) in [7, 11) is 1.71. The highest BCUT2D eigenvalue weighted by Crippen LogP contribution is 2.16. The number of pyridine rings is 1. The lowest BCUT2D eigenvalue weighted by atomic mass is 10.2. The second kappa shape index (κ2) is 6.70. The van der Waals surface area contributed by atoms with Gasteiger partial charge in [0.2, 0.25) is 0 Å². The number of carbonyl (C=O) groups is 1. The molecule has 0 saturated carbocycles. The Kier molecular flexibility index (Phi) is 5.55. The topological polar surface area (TPSA) is 68.5 Å². The molecule has 0 fully saturated rings. The summed E-state index contributed by atoms with van der Waals surface area (Å²) in [6, 6.07) is 1.67.